The highest BCUT2D eigenvalue weighted by Gasteiger charge is 2.24. The van der Waals surface area contributed by atoms with Crippen LogP contribution < -0.4 is 0 Å². The molecule has 1 aliphatic heterocycles. The molecule has 1 fully saturated rings. The number of halogens is 2. The maximum Gasteiger partial charge on any atom is 0.159 e. The highest BCUT2D eigenvalue weighted by atomic mass is 19.2. The molecule has 0 aliphatic carbocycles. The van der Waals surface area contributed by atoms with Gasteiger partial charge in [0.25, 0.3) is 0 Å². The summed E-state index contributed by atoms with van der Waals surface area (Å²) in [4.78, 5) is 8.71. The number of nitrogens with zero attached hydrogens (tertiary/aromatic N) is 3. The maximum absolute atomic E-state index is 13.3. The molecule has 1 aromatic carbocycles. The quantitative estimate of drug-likeness (QED) is 0.903. The number of aliphatic hydroxyl groups is 1. The van der Waals surface area contributed by atoms with Crippen LogP contribution in [-0.4, -0.2) is 52.6 Å². The third kappa shape index (κ3) is 4.39. The normalized spacial score (nSPS) is 18.9. The van der Waals surface area contributed by atoms with E-state index in [0.717, 1.165) is 38.3 Å². The lowest BCUT2D eigenvalue weighted by molar-refractivity contribution is 0.0587. The molecule has 2 atom stereocenters. The highest BCUT2D eigenvalue weighted by molar-refractivity contribution is 5.20. The lowest BCUT2D eigenvalue weighted by Crippen LogP contribution is -2.48. The molecule has 1 N–H and O–H groups in total. The van der Waals surface area contributed by atoms with Crippen LogP contribution >= 0.6 is 0 Å². The van der Waals surface area contributed by atoms with Crippen LogP contribution in [-0.2, 0) is 0 Å². The summed E-state index contributed by atoms with van der Waals surface area (Å²) >= 11 is 0. The zero-order valence-electron chi connectivity index (χ0n) is 14.3. The monoisotopic (exact) mass is 347 g/mol. The SMILES string of the molecule is C[C@@H](c1cccnc1)N1CCN(C[C@@H](O)c2ccc(F)c(F)c2)CC1. The Bertz CT molecular complexity index is 690. The average molecular weight is 347 g/mol. The van der Waals surface area contributed by atoms with Crippen molar-refractivity contribution in [1.82, 2.24) is 14.8 Å². The van der Waals surface area contributed by atoms with Crippen molar-refractivity contribution >= 4 is 0 Å². The minimum atomic E-state index is -0.924. The minimum Gasteiger partial charge on any atom is -0.387 e. The molecule has 6 heteroatoms. The summed E-state index contributed by atoms with van der Waals surface area (Å²) in [6.45, 7) is 6.01. The molecule has 25 heavy (non-hydrogen) atoms. The zero-order valence-corrected chi connectivity index (χ0v) is 14.3. The van der Waals surface area contributed by atoms with E-state index < -0.39 is 17.7 Å². The van der Waals surface area contributed by atoms with Crippen molar-refractivity contribution < 1.29 is 13.9 Å². The molecule has 0 saturated carbocycles. The summed E-state index contributed by atoms with van der Waals surface area (Å²) in [6, 6.07) is 7.88. The van der Waals surface area contributed by atoms with Crippen LogP contribution in [0.2, 0.25) is 0 Å². The Kier molecular flexibility index (Phi) is 5.73. The molecule has 0 amide bonds. The third-order valence-electron chi connectivity index (χ3n) is 4.88. The number of aromatic nitrogens is 1. The minimum absolute atomic E-state index is 0.298. The lowest BCUT2D eigenvalue weighted by atomic mass is 10.1. The first-order valence-electron chi connectivity index (χ1n) is 8.54. The van der Waals surface area contributed by atoms with Gasteiger partial charge in [-0.2, -0.15) is 0 Å². The summed E-state index contributed by atoms with van der Waals surface area (Å²) in [5, 5.41) is 10.3. The van der Waals surface area contributed by atoms with Crippen molar-refractivity contribution in [3.05, 3.63) is 65.5 Å². The van der Waals surface area contributed by atoms with E-state index in [0.29, 0.717) is 18.2 Å². The number of β-amino-alcohol motifs (C(OH)–C–C–N with tert-alkyl or cyclic N) is 1. The van der Waals surface area contributed by atoms with Crippen molar-refractivity contribution in [2.24, 2.45) is 0 Å². The van der Waals surface area contributed by atoms with E-state index in [2.05, 4.69) is 27.8 Å². The Balaban J connectivity index is 1.53. The first kappa shape index (κ1) is 17.9. The van der Waals surface area contributed by atoms with E-state index in [1.807, 2.05) is 12.3 Å². The van der Waals surface area contributed by atoms with Crippen molar-refractivity contribution in [2.45, 2.75) is 19.1 Å². The van der Waals surface area contributed by atoms with E-state index in [4.69, 9.17) is 0 Å². The molecule has 1 aromatic heterocycles. The summed E-state index contributed by atoms with van der Waals surface area (Å²) in [5.74, 6) is -1.82. The number of benzene rings is 1. The molecule has 2 heterocycles. The van der Waals surface area contributed by atoms with Crippen LogP contribution in [0.3, 0.4) is 0 Å². The second kappa shape index (κ2) is 7.99. The topological polar surface area (TPSA) is 39.6 Å². The van der Waals surface area contributed by atoms with Gasteiger partial charge < -0.3 is 5.11 Å². The standard InChI is InChI=1S/C19H23F2N3O/c1-14(16-3-2-6-22-12-16)24-9-7-23(8-10-24)13-19(25)15-4-5-17(20)18(21)11-15/h2-6,11-12,14,19,25H,7-10,13H2,1H3/t14-,19+/m0/s1. The van der Waals surface area contributed by atoms with Crippen LogP contribution in [0.25, 0.3) is 0 Å². The second-order valence-electron chi connectivity index (χ2n) is 6.49. The van der Waals surface area contributed by atoms with Crippen molar-refractivity contribution in [3.63, 3.8) is 0 Å². The van der Waals surface area contributed by atoms with Gasteiger partial charge in [-0.1, -0.05) is 12.1 Å². The van der Waals surface area contributed by atoms with Gasteiger partial charge in [0.2, 0.25) is 0 Å². The fourth-order valence-corrected chi connectivity index (χ4v) is 3.24. The predicted molar refractivity (Wildman–Crippen MR) is 92.0 cm³/mol. The molecule has 0 unspecified atom stereocenters. The number of piperazine rings is 1. The molecular formula is C19H23F2N3O. The largest absolute Gasteiger partial charge is 0.387 e. The summed E-state index contributed by atoms with van der Waals surface area (Å²) < 4.78 is 26.3. The van der Waals surface area contributed by atoms with Gasteiger partial charge in [0.1, 0.15) is 0 Å². The first-order valence-corrected chi connectivity index (χ1v) is 8.54. The predicted octanol–water partition coefficient (Wildman–Crippen LogP) is 2.77. The molecular weight excluding hydrogens is 324 g/mol. The van der Waals surface area contributed by atoms with E-state index >= 15 is 0 Å². The molecule has 0 spiro atoms. The molecule has 4 nitrogen and oxygen atoms in total. The molecule has 1 saturated heterocycles. The van der Waals surface area contributed by atoms with E-state index in [1.54, 1.807) is 6.20 Å². The molecule has 3 rings (SSSR count). The Labute approximate surface area is 146 Å². The Hall–Kier alpha value is -1.89. The van der Waals surface area contributed by atoms with Crippen LogP contribution in [0.4, 0.5) is 8.78 Å². The fourth-order valence-electron chi connectivity index (χ4n) is 3.24. The van der Waals surface area contributed by atoms with Crippen LogP contribution in [0.15, 0.2) is 42.7 Å². The van der Waals surface area contributed by atoms with Gasteiger partial charge >= 0.3 is 0 Å². The van der Waals surface area contributed by atoms with Gasteiger partial charge in [-0.3, -0.25) is 14.8 Å². The lowest BCUT2D eigenvalue weighted by Gasteiger charge is -2.38. The molecule has 0 bridgehead atoms. The number of pyridine rings is 1. The Morgan fingerprint density at radius 3 is 2.48 bits per heavy atom. The second-order valence-corrected chi connectivity index (χ2v) is 6.49. The van der Waals surface area contributed by atoms with Crippen molar-refractivity contribution in [3.8, 4) is 0 Å². The average Bonchev–Trinajstić information content (AvgIpc) is 2.64. The van der Waals surface area contributed by atoms with E-state index in [1.165, 1.54) is 11.6 Å². The molecule has 0 radical (unpaired) electrons. The smallest absolute Gasteiger partial charge is 0.159 e. The van der Waals surface area contributed by atoms with Crippen LogP contribution in [0.5, 0.6) is 0 Å². The summed E-state index contributed by atoms with van der Waals surface area (Å²) in [5.41, 5.74) is 1.60. The van der Waals surface area contributed by atoms with E-state index in [9.17, 15) is 13.9 Å². The van der Waals surface area contributed by atoms with Crippen LogP contribution in [0.1, 0.15) is 30.2 Å². The number of hydrogen-bond acceptors (Lipinski definition) is 4. The fraction of sp³-hybridized carbons (Fsp3) is 0.421. The molecule has 1 aliphatic rings. The third-order valence-corrected chi connectivity index (χ3v) is 4.88. The molecule has 134 valence electrons. The first-order chi connectivity index (χ1) is 12.0. The Morgan fingerprint density at radius 2 is 1.84 bits per heavy atom. The van der Waals surface area contributed by atoms with Gasteiger partial charge in [0.05, 0.1) is 6.10 Å². The van der Waals surface area contributed by atoms with Gasteiger partial charge in [-0.15, -0.1) is 0 Å². The number of aliphatic hydroxyl groups excluding tert-OH is 1. The van der Waals surface area contributed by atoms with Gasteiger partial charge in [-0.25, -0.2) is 8.78 Å². The summed E-state index contributed by atoms with van der Waals surface area (Å²) in [6.07, 6.45) is 2.84. The number of rotatable bonds is 5. The van der Waals surface area contributed by atoms with Gasteiger partial charge in [0.15, 0.2) is 11.6 Å². The molecule has 2 aromatic rings. The van der Waals surface area contributed by atoms with E-state index in [-0.39, 0.29) is 0 Å². The highest BCUT2D eigenvalue weighted by Crippen LogP contribution is 2.22. The van der Waals surface area contributed by atoms with Gasteiger partial charge in [0, 0.05) is 51.2 Å². The maximum atomic E-state index is 13.3. The summed E-state index contributed by atoms with van der Waals surface area (Å²) in [7, 11) is 0. The number of hydrogen-bond donors (Lipinski definition) is 1. The Morgan fingerprint density at radius 1 is 1.08 bits per heavy atom. The van der Waals surface area contributed by atoms with Crippen LogP contribution in [0, 0.1) is 11.6 Å². The zero-order chi connectivity index (χ0) is 17.8. The van der Waals surface area contributed by atoms with Crippen molar-refractivity contribution in [1.29, 1.82) is 0 Å². The van der Waals surface area contributed by atoms with Crippen molar-refractivity contribution in [2.75, 3.05) is 32.7 Å². The van der Waals surface area contributed by atoms with Gasteiger partial charge in [-0.05, 0) is 36.2 Å².